The maximum Gasteiger partial charge on any atom is 0.290 e. The molecule has 0 amide bonds. The zero-order valence-corrected chi connectivity index (χ0v) is 23.4. The summed E-state index contributed by atoms with van der Waals surface area (Å²) in [5.41, 5.74) is 9.53. The number of rotatable bonds is 7. The lowest BCUT2D eigenvalue weighted by atomic mass is 10.0. The first-order valence-corrected chi connectivity index (χ1v) is 16.1. The van der Waals surface area contributed by atoms with Crippen LogP contribution in [0.15, 0.2) is 95.5 Å². The average molecular weight is 558 g/mol. The van der Waals surface area contributed by atoms with E-state index in [4.69, 9.17) is 11.1 Å². The van der Waals surface area contributed by atoms with Crippen LogP contribution in [0, 0.1) is 19.3 Å². The highest BCUT2D eigenvalue weighted by Gasteiger charge is 2.36. The first-order chi connectivity index (χ1) is 17.0. The normalized spacial score (nSPS) is 17.6. The molecule has 1 aliphatic heterocycles. The lowest BCUT2D eigenvalue weighted by Gasteiger charge is -2.15. The number of aryl methyl sites for hydroxylation is 2. The molecule has 0 bridgehead atoms. The molecule has 6 nitrogen and oxygen atoms in total. The molecule has 3 aromatic carbocycles. The van der Waals surface area contributed by atoms with Crippen LogP contribution in [-0.4, -0.2) is 30.0 Å². The Morgan fingerprint density at radius 1 is 1.00 bits per heavy atom. The van der Waals surface area contributed by atoms with E-state index in [9.17, 15) is 12.6 Å². The van der Waals surface area contributed by atoms with Gasteiger partial charge in [-0.25, -0.2) is 4.21 Å². The van der Waals surface area contributed by atoms with Crippen LogP contribution in [0.25, 0.3) is 11.1 Å². The van der Waals surface area contributed by atoms with Crippen LogP contribution in [0.3, 0.4) is 0 Å². The third-order valence-corrected chi connectivity index (χ3v) is 13.1. The molecule has 2 atom stereocenters. The van der Waals surface area contributed by atoms with Crippen LogP contribution in [-0.2, 0) is 19.8 Å². The minimum Gasteiger partial charge on any atom is -0.387 e. The second-order valence-corrected chi connectivity index (χ2v) is 14.7. The van der Waals surface area contributed by atoms with Gasteiger partial charge in [-0.15, -0.1) is 23.5 Å². The van der Waals surface area contributed by atoms with Crippen LogP contribution < -0.4 is 5.73 Å². The van der Waals surface area contributed by atoms with Crippen molar-refractivity contribution in [2.24, 2.45) is 9.50 Å². The summed E-state index contributed by atoms with van der Waals surface area (Å²) >= 11 is 2.70. The highest BCUT2D eigenvalue weighted by molar-refractivity contribution is 8.23. The molecular weight excluding hydrogens is 531 g/mol. The van der Waals surface area contributed by atoms with Gasteiger partial charge < -0.3 is 5.73 Å². The fraction of sp³-hybridized carbons (Fsp3) is 0.192. The van der Waals surface area contributed by atoms with Crippen molar-refractivity contribution in [3.63, 3.8) is 0 Å². The van der Waals surface area contributed by atoms with E-state index in [-0.39, 0.29) is 17.2 Å². The lowest BCUT2D eigenvalue weighted by molar-refractivity contribution is 0.598. The van der Waals surface area contributed by atoms with E-state index >= 15 is 0 Å². The summed E-state index contributed by atoms with van der Waals surface area (Å²) < 4.78 is 46.7. The predicted octanol–water partition coefficient (Wildman–Crippen LogP) is 6.16. The Bertz CT molecular complexity index is 1590. The van der Waals surface area contributed by atoms with Crippen molar-refractivity contribution in [3.05, 3.63) is 93.1 Å². The van der Waals surface area contributed by atoms with Crippen LogP contribution in [0.2, 0.25) is 0 Å². The fourth-order valence-electron chi connectivity index (χ4n) is 3.90. The minimum atomic E-state index is -4.26. The van der Waals surface area contributed by atoms with E-state index < -0.39 is 25.0 Å². The van der Waals surface area contributed by atoms with Crippen molar-refractivity contribution in [3.8, 4) is 11.1 Å². The van der Waals surface area contributed by atoms with E-state index in [1.807, 2.05) is 50.4 Å². The molecule has 36 heavy (non-hydrogen) atoms. The zero-order chi connectivity index (χ0) is 26.1. The molecule has 0 spiro atoms. The number of thioether (sulfide) groups is 2. The Morgan fingerprint density at radius 2 is 1.69 bits per heavy atom. The molecule has 2 unspecified atom stereocenters. The number of nitrogens with one attached hydrogen (secondary N) is 1. The molecule has 0 aliphatic carbocycles. The number of hydrogen-bond donors (Lipinski definition) is 2. The molecule has 0 saturated carbocycles. The van der Waals surface area contributed by atoms with Gasteiger partial charge >= 0.3 is 0 Å². The Labute approximate surface area is 221 Å². The van der Waals surface area contributed by atoms with Crippen molar-refractivity contribution < 1.29 is 12.6 Å². The topological polar surface area (TPSA) is 113 Å². The van der Waals surface area contributed by atoms with Gasteiger partial charge in [-0.2, -0.15) is 8.42 Å². The molecule has 10 heteroatoms. The summed E-state index contributed by atoms with van der Waals surface area (Å²) in [7, 11) is -7.87. The summed E-state index contributed by atoms with van der Waals surface area (Å²) in [6.07, 6.45) is 2.03. The molecule has 1 heterocycles. The summed E-state index contributed by atoms with van der Waals surface area (Å²) in [4.78, 5) is 0.694. The lowest BCUT2D eigenvalue weighted by Crippen LogP contribution is -2.23. The van der Waals surface area contributed by atoms with Gasteiger partial charge in [-0.05, 0) is 61.1 Å². The van der Waals surface area contributed by atoms with Crippen molar-refractivity contribution in [1.29, 1.82) is 5.41 Å². The third-order valence-electron chi connectivity index (χ3n) is 5.85. The van der Waals surface area contributed by atoms with E-state index in [1.165, 1.54) is 35.7 Å². The quantitative estimate of drug-likeness (QED) is 0.266. The number of benzene rings is 3. The summed E-state index contributed by atoms with van der Waals surface area (Å²) in [5.74, 6) is -0.0432. The first-order valence-electron chi connectivity index (χ1n) is 11.1. The largest absolute Gasteiger partial charge is 0.387 e. The number of nitrogens with zero attached hydrogens (tertiary/aromatic N) is 1. The molecule has 3 N–H and O–H groups in total. The van der Waals surface area contributed by atoms with Gasteiger partial charge in [0.2, 0.25) is 0 Å². The molecular formula is C26H27N3O3S4. The minimum absolute atomic E-state index is 0.0176. The molecule has 1 aliphatic rings. The zero-order valence-electron chi connectivity index (χ0n) is 20.1. The second-order valence-electron chi connectivity index (χ2n) is 8.41. The van der Waals surface area contributed by atoms with Crippen molar-refractivity contribution in [2.45, 2.75) is 35.3 Å². The monoisotopic (exact) mass is 557 g/mol. The summed E-state index contributed by atoms with van der Waals surface area (Å²) in [6, 6.07) is 21.3. The summed E-state index contributed by atoms with van der Waals surface area (Å²) in [6.45, 7) is 3.85. The van der Waals surface area contributed by atoms with Gasteiger partial charge in [0.25, 0.3) is 10.0 Å². The Hall–Kier alpha value is -2.53. The molecule has 0 aromatic heterocycles. The van der Waals surface area contributed by atoms with E-state index in [0.29, 0.717) is 14.0 Å². The maximum atomic E-state index is 14.9. The van der Waals surface area contributed by atoms with Crippen LogP contribution >= 0.6 is 23.5 Å². The number of sulfonamides is 1. The second kappa shape index (κ2) is 10.5. The predicted molar refractivity (Wildman–Crippen MR) is 152 cm³/mol. The average Bonchev–Trinajstić information content (AvgIpc) is 3.30. The standard InChI is InChI=1S/C26H27N3O3S4/c1-17-11-13-20(14-12-17)36(31,32)29-35(30,24-16-23(25(27)28)34-26(24)33-3)21-9-6-8-19(15-21)22-10-5-4-7-18(22)2/h4-15,23H,16H2,1-3H3,(H3,27,28). The SMILES string of the molecule is CSC1=C(S(=O)(=NS(=O)(=O)c2ccc(C)cc2)c2cccc(-c3ccccc3C)c2)CC(C(=N)N)S1. The van der Waals surface area contributed by atoms with Gasteiger partial charge in [0.05, 0.1) is 24.2 Å². The highest BCUT2D eigenvalue weighted by atomic mass is 32.3. The van der Waals surface area contributed by atoms with Gasteiger partial charge in [0, 0.05) is 6.42 Å². The molecule has 0 saturated heterocycles. The Morgan fingerprint density at radius 3 is 2.33 bits per heavy atom. The van der Waals surface area contributed by atoms with Gasteiger partial charge in [-0.3, -0.25) is 5.41 Å². The van der Waals surface area contributed by atoms with Crippen LogP contribution in [0.5, 0.6) is 0 Å². The molecule has 4 rings (SSSR count). The smallest absolute Gasteiger partial charge is 0.290 e. The fourth-order valence-corrected chi connectivity index (χ4v) is 11.1. The van der Waals surface area contributed by atoms with E-state index in [1.54, 1.807) is 30.3 Å². The van der Waals surface area contributed by atoms with Crippen molar-refractivity contribution in [1.82, 2.24) is 0 Å². The van der Waals surface area contributed by atoms with E-state index in [2.05, 4.69) is 3.77 Å². The van der Waals surface area contributed by atoms with Gasteiger partial charge in [0.15, 0.2) is 0 Å². The Kier molecular flexibility index (Phi) is 7.70. The Balaban J connectivity index is 1.98. The number of allylic oxidation sites excluding steroid dienone is 1. The molecule has 0 radical (unpaired) electrons. The van der Waals surface area contributed by atoms with Crippen LogP contribution in [0.1, 0.15) is 17.5 Å². The van der Waals surface area contributed by atoms with Gasteiger partial charge in [0.1, 0.15) is 15.6 Å². The summed E-state index contributed by atoms with van der Waals surface area (Å²) in [5, 5.41) is 7.52. The maximum absolute atomic E-state index is 14.9. The first kappa shape index (κ1) is 26.5. The number of nitrogens with two attached hydrogens (primary N) is 1. The molecule has 0 fully saturated rings. The van der Waals surface area contributed by atoms with Gasteiger partial charge in [-0.1, -0.05) is 57.9 Å². The third kappa shape index (κ3) is 5.27. The highest BCUT2D eigenvalue weighted by Crippen LogP contribution is 2.48. The van der Waals surface area contributed by atoms with E-state index in [0.717, 1.165) is 22.3 Å². The van der Waals surface area contributed by atoms with Crippen LogP contribution in [0.4, 0.5) is 0 Å². The van der Waals surface area contributed by atoms with Crippen molar-refractivity contribution >= 4 is 49.1 Å². The number of hydrogen-bond acceptors (Lipinski definition) is 6. The van der Waals surface area contributed by atoms with Crippen molar-refractivity contribution in [2.75, 3.05) is 6.26 Å². The number of amidine groups is 1. The molecule has 3 aromatic rings. The molecule has 188 valence electrons.